The van der Waals surface area contributed by atoms with Gasteiger partial charge in [-0.2, -0.15) is 0 Å². The van der Waals surface area contributed by atoms with Crippen molar-refractivity contribution in [3.63, 3.8) is 0 Å². The van der Waals surface area contributed by atoms with Gasteiger partial charge in [-0.1, -0.05) is 11.3 Å². The summed E-state index contributed by atoms with van der Waals surface area (Å²) >= 11 is 1.08. The van der Waals surface area contributed by atoms with E-state index in [1.165, 1.54) is 6.92 Å². The second-order valence-corrected chi connectivity index (χ2v) is 4.79. The van der Waals surface area contributed by atoms with E-state index in [1.54, 1.807) is 0 Å². The molecule has 0 amide bonds. The molecule has 17 heavy (non-hydrogen) atoms. The van der Waals surface area contributed by atoms with Crippen molar-refractivity contribution in [1.29, 1.82) is 0 Å². The van der Waals surface area contributed by atoms with Crippen LogP contribution in [-0.4, -0.2) is 53.9 Å². The molecule has 0 aliphatic heterocycles. The molecular weight excluding hydrogens is 242 g/mol. The number of anilines is 1. The van der Waals surface area contributed by atoms with Crippen molar-refractivity contribution in [3.8, 4) is 0 Å². The average molecular weight is 257 g/mol. The first-order valence-corrected chi connectivity index (χ1v) is 5.87. The quantitative estimate of drug-likeness (QED) is 0.740. The summed E-state index contributed by atoms with van der Waals surface area (Å²) in [7, 11) is 3.88. The Morgan fingerprint density at radius 1 is 1.47 bits per heavy atom. The molecule has 0 saturated heterocycles. The highest BCUT2D eigenvalue weighted by molar-refractivity contribution is 7.17. The van der Waals surface area contributed by atoms with Crippen molar-refractivity contribution >= 4 is 28.2 Å². The number of thiazole rings is 1. The summed E-state index contributed by atoms with van der Waals surface area (Å²) in [4.78, 5) is 28.2. The number of aromatic carboxylic acids is 1. The van der Waals surface area contributed by atoms with Gasteiger partial charge in [-0.15, -0.1) is 0 Å². The first-order valence-electron chi connectivity index (χ1n) is 5.05. The molecule has 0 spiro atoms. The number of carbonyl (C=O) groups is 2. The van der Waals surface area contributed by atoms with Crippen molar-refractivity contribution in [2.75, 3.05) is 32.5 Å². The van der Waals surface area contributed by atoms with Crippen LogP contribution in [0.25, 0.3) is 0 Å². The minimum Gasteiger partial charge on any atom is -0.476 e. The molecule has 6 nitrogen and oxygen atoms in total. The molecular formula is C10H15N3O3S. The number of ketones is 1. The molecule has 0 fully saturated rings. The highest BCUT2D eigenvalue weighted by atomic mass is 32.1. The molecule has 1 rings (SSSR count). The number of carboxylic acid groups (broad SMARTS) is 1. The van der Waals surface area contributed by atoms with Crippen LogP contribution in [0.5, 0.6) is 0 Å². The summed E-state index contributed by atoms with van der Waals surface area (Å²) in [6.07, 6.45) is 0. The van der Waals surface area contributed by atoms with E-state index in [2.05, 4.69) is 10.3 Å². The Kier molecular flexibility index (Phi) is 4.59. The number of carboxylic acids is 1. The lowest BCUT2D eigenvalue weighted by atomic mass is 10.3. The van der Waals surface area contributed by atoms with Gasteiger partial charge in [0.25, 0.3) is 0 Å². The summed E-state index contributed by atoms with van der Waals surface area (Å²) in [5.74, 6) is -1.45. The molecule has 1 aromatic rings. The number of rotatable bonds is 6. The number of nitrogens with zero attached hydrogens (tertiary/aromatic N) is 2. The number of Topliss-reactive ketones (excluding diaryl/α,β-unsaturated/α-hetero) is 1. The van der Waals surface area contributed by atoms with E-state index < -0.39 is 5.97 Å². The predicted octanol–water partition coefficient (Wildman–Crippen LogP) is 1.02. The van der Waals surface area contributed by atoms with Gasteiger partial charge in [0.05, 0.1) is 0 Å². The van der Waals surface area contributed by atoms with Crippen LogP contribution in [0.2, 0.25) is 0 Å². The number of aromatic nitrogens is 1. The number of nitrogens with one attached hydrogen (secondary N) is 1. The molecule has 1 aromatic heterocycles. The van der Waals surface area contributed by atoms with Gasteiger partial charge in [0, 0.05) is 20.0 Å². The molecule has 0 radical (unpaired) electrons. The summed E-state index contributed by atoms with van der Waals surface area (Å²) < 4.78 is 0. The van der Waals surface area contributed by atoms with E-state index in [0.29, 0.717) is 11.7 Å². The van der Waals surface area contributed by atoms with Gasteiger partial charge in [-0.25, -0.2) is 9.78 Å². The molecule has 0 atom stereocenters. The summed E-state index contributed by atoms with van der Waals surface area (Å²) in [6.45, 7) is 2.79. The molecule has 0 aliphatic carbocycles. The number of likely N-dealkylation sites (N-methyl/N-ethyl adjacent to an activating group) is 1. The molecule has 94 valence electrons. The van der Waals surface area contributed by atoms with Gasteiger partial charge in [0.15, 0.2) is 16.6 Å². The normalized spacial score (nSPS) is 10.6. The summed E-state index contributed by atoms with van der Waals surface area (Å²) in [5.41, 5.74) is -0.171. The number of hydrogen-bond acceptors (Lipinski definition) is 6. The van der Waals surface area contributed by atoms with Crippen LogP contribution < -0.4 is 5.32 Å². The van der Waals surface area contributed by atoms with Crippen molar-refractivity contribution < 1.29 is 14.7 Å². The van der Waals surface area contributed by atoms with Crippen LogP contribution >= 0.6 is 11.3 Å². The van der Waals surface area contributed by atoms with Crippen LogP contribution in [0.3, 0.4) is 0 Å². The van der Waals surface area contributed by atoms with E-state index in [-0.39, 0.29) is 16.4 Å². The van der Waals surface area contributed by atoms with Crippen LogP contribution in [0.4, 0.5) is 5.13 Å². The van der Waals surface area contributed by atoms with Crippen LogP contribution in [0.15, 0.2) is 0 Å². The molecule has 0 bridgehead atoms. The average Bonchev–Trinajstić information content (AvgIpc) is 2.61. The number of hydrogen-bond donors (Lipinski definition) is 2. The van der Waals surface area contributed by atoms with E-state index in [4.69, 9.17) is 5.11 Å². The van der Waals surface area contributed by atoms with Gasteiger partial charge in [-0.3, -0.25) is 4.79 Å². The Hall–Kier alpha value is -1.47. The Bertz CT molecular complexity index is 397. The van der Waals surface area contributed by atoms with Crippen molar-refractivity contribution in [2.45, 2.75) is 6.92 Å². The molecule has 0 aromatic carbocycles. The second-order valence-electron chi connectivity index (χ2n) is 3.79. The Morgan fingerprint density at radius 2 is 2.12 bits per heavy atom. The van der Waals surface area contributed by atoms with E-state index in [1.807, 2.05) is 19.0 Å². The maximum Gasteiger partial charge on any atom is 0.356 e. The predicted molar refractivity (Wildman–Crippen MR) is 66.1 cm³/mol. The van der Waals surface area contributed by atoms with Crippen molar-refractivity contribution in [1.82, 2.24) is 9.88 Å². The van der Waals surface area contributed by atoms with E-state index in [0.717, 1.165) is 17.9 Å². The Balaban J connectivity index is 2.78. The van der Waals surface area contributed by atoms with Crippen LogP contribution in [0.1, 0.15) is 27.1 Å². The molecule has 0 saturated carbocycles. The highest BCUT2D eigenvalue weighted by Gasteiger charge is 2.20. The first kappa shape index (κ1) is 13.6. The third kappa shape index (κ3) is 3.79. The minimum atomic E-state index is -1.17. The van der Waals surface area contributed by atoms with Crippen LogP contribution in [0, 0.1) is 0 Å². The largest absolute Gasteiger partial charge is 0.476 e. The smallest absolute Gasteiger partial charge is 0.356 e. The first-order chi connectivity index (χ1) is 7.91. The third-order valence-electron chi connectivity index (χ3n) is 1.98. The SMILES string of the molecule is CC(=O)c1sc(NCCN(C)C)nc1C(=O)O. The lowest BCUT2D eigenvalue weighted by Crippen LogP contribution is -2.20. The second kappa shape index (κ2) is 5.74. The highest BCUT2D eigenvalue weighted by Crippen LogP contribution is 2.23. The molecule has 7 heteroatoms. The topological polar surface area (TPSA) is 82.5 Å². The maximum absolute atomic E-state index is 11.2. The van der Waals surface area contributed by atoms with Gasteiger partial charge in [0.2, 0.25) is 0 Å². The lowest BCUT2D eigenvalue weighted by Gasteiger charge is -2.08. The molecule has 0 unspecified atom stereocenters. The number of carbonyl (C=O) groups excluding carboxylic acids is 1. The fraction of sp³-hybridized carbons (Fsp3) is 0.500. The zero-order valence-corrected chi connectivity index (χ0v) is 10.8. The fourth-order valence-corrected chi connectivity index (χ4v) is 2.04. The summed E-state index contributed by atoms with van der Waals surface area (Å²) in [5, 5.41) is 12.4. The van der Waals surface area contributed by atoms with E-state index >= 15 is 0 Å². The van der Waals surface area contributed by atoms with Gasteiger partial charge < -0.3 is 15.3 Å². The van der Waals surface area contributed by atoms with Gasteiger partial charge in [-0.05, 0) is 14.1 Å². The Morgan fingerprint density at radius 3 is 2.53 bits per heavy atom. The van der Waals surface area contributed by atoms with Crippen molar-refractivity contribution in [3.05, 3.63) is 10.6 Å². The minimum absolute atomic E-state index is 0.171. The third-order valence-corrected chi connectivity index (χ3v) is 3.10. The zero-order valence-electron chi connectivity index (χ0n) is 9.98. The van der Waals surface area contributed by atoms with Gasteiger partial charge >= 0.3 is 5.97 Å². The standard InChI is InChI=1S/C10H15N3O3S/c1-6(14)8-7(9(15)16)12-10(17-8)11-4-5-13(2)3/h4-5H2,1-3H3,(H,11,12)(H,15,16). The molecule has 1 heterocycles. The lowest BCUT2D eigenvalue weighted by molar-refractivity contribution is 0.0687. The molecule has 0 aliphatic rings. The monoisotopic (exact) mass is 257 g/mol. The molecule has 2 N–H and O–H groups in total. The maximum atomic E-state index is 11.2. The fourth-order valence-electron chi connectivity index (χ4n) is 1.17. The van der Waals surface area contributed by atoms with Crippen molar-refractivity contribution in [2.24, 2.45) is 0 Å². The van der Waals surface area contributed by atoms with Gasteiger partial charge in [0.1, 0.15) is 4.88 Å². The zero-order chi connectivity index (χ0) is 13.0. The Labute approximate surface area is 103 Å². The van der Waals surface area contributed by atoms with Crippen LogP contribution in [-0.2, 0) is 0 Å². The summed E-state index contributed by atoms with van der Waals surface area (Å²) in [6, 6.07) is 0. The van der Waals surface area contributed by atoms with E-state index in [9.17, 15) is 9.59 Å².